The second kappa shape index (κ2) is 11.7. The molecular formula is C32H32N6O2. The normalized spacial score (nSPS) is 15.5. The topological polar surface area (TPSA) is 82.6 Å². The molecule has 0 saturated carbocycles. The van der Waals surface area contributed by atoms with E-state index < -0.39 is 0 Å². The molecule has 0 atom stereocenters. The molecule has 0 bridgehead atoms. The lowest BCUT2D eigenvalue weighted by Crippen LogP contribution is -2.44. The smallest absolute Gasteiger partial charge is 0.256 e. The number of aromatic nitrogens is 2. The summed E-state index contributed by atoms with van der Waals surface area (Å²) in [5, 5.41) is 6.47. The number of rotatable bonds is 7. The van der Waals surface area contributed by atoms with Gasteiger partial charge in [0.2, 0.25) is 0 Å². The summed E-state index contributed by atoms with van der Waals surface area (Å²) in [5.41, 5.74) is 5.96. The number of anilines is 2. The van der Waals surface area contributed by atoms with Gasteiger partial charge in [-0.1, -0.05) is 30.3 Å². The number of hydrogen-bond acceptors (Lipinski definition) is 7. The molecule has 0 unspecified atom stereocenters. The number of nitrogens with zero attached hydrogens (tertiary/aromatic N) is 4. The first-order valence-electron chi connectivity index (χ1n) is 13.5. The molecule has 8 heteroatoms. The molecule has 1 fully saturated rings. The Balaban J connectivity index is 1.19. The zero-order valence-corrected chi connectivity index (χ0v) is 22.5. The predicted molar refractivity (Wildman–Crippen MR) is 158 cm³/mol. The maximum absolute atomic E-state index is 13.5. The number of likely N-dealkylation sites (N-methyl/N-ethyl adjacent to an activating group) is 1. The Bertz CT molecular complexity index is 1530. The van der Waals surface area contributed by atoms with Gasteiger partial charge in [-0.3, -0.25) is 19.7 Å². The minimum absolute atomic E-state index is 0.143. The number of hydrogen-bond donors (Lipinski definition) is 2. The summed E-state index contributed by atoms with van der Waals surface area (Å²) in [5.74, 6) is 1.26. The van der Waals surface area contributed by atoms with E-state index in [1.54, 1.807) is 18.6 Å². The third kappa shape index (κ3) is 6.03. The first-order chi connectivity index (χ1) is 19.6. The van der Waals surface area contributed by atoms with Gasteiger partial charge in [-0.2, -0.15) is 0 Å². The Morgan fingerprint density at radius 2 is 1.80 bits per heavy atom. The zero-order chi connectivity index (χ0) is 27.3. The average Bonchev–Trinajstić information content (AvgIpc) is 2.98. The average molecular weight is 533 g/mol. The van der Waals surface area contributed by atoms with Gasteiger partial charge < -0.3 is 20.3 Å². The Morgan fingerprint density at radius 3 is 2.65 bits per heavy atom. The van der Waals surface area contributed by atoms with Crippen LogP contribution in [0.25, 0.3) is 16.7 Å². The maximum atomic E-state index is 13.5. The molecule has 2 aromatic carbocycles. The van der Waals surface area contributed by atoms with Gasteiger partial charge in [0.15, 0.2) is 0 Å². The monoisotopic (exact) mass is 532 g/mol. The lowest BCUT2D eigenvalue weighted by molar-refractivity contribution is -0.111. The molecule has 2 N–H and O–H groups in total. The van der Waals surface area contributed by atoms with Crippen LogP contribution in [0, 0.1) is 0 Å². The Hall–Kier alpha value is -4.53. The number of nitrogens with one attached hydrogen (secondary N) is 2. The van der Waals surface area contributed by atoms with Crippen LogP contribution < -0.4 is 15.4 Å². The molecule has 0 radical (unpaired) electrons. The zero-order valence-electron chi connectivity index (χ0n) is 22.5. The summed E-state index contributed by atoms with van der Waals surface area (Å²) in [4.78, 5) is 27.2. The van der Waals surface area contributed by atoms with Gasteiger partial charge in [0, 0.05) is 79.7 Å². The van der Waals surface area contributed by atoms with Crippen molar-refractivity contribution >= 4 is 22.9 Å². The summed E-state index contributed by atoms with van der Waals surface area (Å²) in [6.07, 6.45) is 7.20. The largest absolute Gasteiger partial charge is 0.456 e. The van der Waals surface area contributed by atoms with Crippen molar-refractivity contribution in [1.82, 2.24) is 19.8 Å². The third-order valence-corrected chi connectivity index (χ3v) is 7.23. The van der Waals surface area contributed by atoms with Crippen molar-refractivity contribution in [3.05, 3.63) is 103 Å². The van der Waals surface area contributed by atoms with Crippen LogP contribution in [0.15, 0.2) is 91.4 Å². The van der Waals surface area contributed by atoms with Crippen LogP contribution >= 0.6 is 0 Å². The van der Waals surface area contributed by atoms with E-state index in [1.807, 2.05) is 72.8 Å². The van der Waals surface area contributed by atoms with Crippen molar-refractivity contribution in [2.45, 2.75) is 6.54 Å². The number of amides is 1. The minimum Gasteiger partial charge on any atom is -0.456 e. The number of benzene rings is 2. The molecule has 0 aliphatic carbocycles. The molecule has 2 aliphatic rings. The standard InChI is InChI=1S/C32H32N6O2/c1-37-13-15-38(16-14-37)22-26-19-25(9-11-34-26)36-32(39)29-10-12-35-31-8-7-23(18-30(29)31)24-17-28(21-33-20-24)40-27-5-3-2-4-6-27/h2-11,17-21,35H,12-16,22H2,1H3,(H,34,36,39). The second-order valence-electron chi connectivity index (χ2n) is 10.2. The van der Waals surface area contributed by atoms with Crippen LogP contribution in [0.2, 0.25) is 0 Å². The van der Waals surface area contributed by atoms with Crippen LogP contribution in [0.3, 0.4) is 0 Å². The highest BCUT2D eigenvalue weighted by Gasteiger charge is 2.21. The summed E-state index contributed by atoms with van der Waals surface area (Å²) in [7, 11) is 2.15. The third-order valence-electron chi connectivity index (χ3n) is 7.23. The van der Waals surface area contributed by atoms with Gasteiger partial charge in [-0.15, -0.1) is 0 Å². The fraction of sp³-hybridized carbons (Fsp3) is 0.219. The number of carbonyl (C=O) groups excluding carboxylic acids is 1. The van der Waals surface area contributed by atoms with Crippen molar-refractivity contribution in [3.8, 4) is 22.6 Å². The quantitative estimate of drug-likeness (QED) is 0.341. The van der Waals surface area contributed by atoms with Gasteiger partial charge in [0.1, 0.15) is 11.5 Å². The van der Waals surface area contributed by atoms with Crippen molar-refractivity contribution in [2.75, 3.05) is 50.4 Å². The highest BCUT2D eigenvalue weighted by molar-refractivity contribution is 6.27. The number of piperazine rings is 1. The van der Waals surface area contributed by atoms with Crippen molar-refractivity contribution < 1.29 is 9.53 Å². The van der Waals surface area contributed by atoms with Crippen molar-refractivity contribution in [2.24, 2.45) is 0 Å². The van der Waals surface area contributed by atoms with Crippen molar-refractivity contribution in [1.29, 1.82) is 0 Å². The van der Waals surface area contributed by atoms with E-state index >= 15 is 0 Å². The maximum Gasteiger partial charge on any atom is 0.256 e. The van der Waals surface area contributed by atoms with E-state index in [-0.39, 0.29) is 5.91 Å². The molecule has 40 heavy (non-hydrogen) atoms. The van der Waals surface area contributed by atoms with Crippen LogP contribution in [0.5, 0.6) is 11.5 Å². The van der Waals surface area contributed by atoms with Crippen LogP contribution in [0.4, 0.5) is 11.4 Å². The van der Waals surface area contributed by atoms with Gasteiger partial charge in [-0.05, 0) is 55.1 Å². The molecule has 2 aromatic heterocycles. The summed E-state index contributed by atoms with van der Waals surface area (Å²) < 4.78 is 5.98. The van der Waals surface area contributed by atoms with Crippen LogP contribution in [-0.2, 0) is 11.3 Å². The fourth-order valence-corrected chi connectivity index (χ4v) is 5.02. The van der Waals surface area contributed by atoms with E-state index in [2.05, 4.69) is 37.4 Å². The van der Waals surface area contributed by atoms with E-state index in [4.69, 9.17) is 4.74 Å². The SMILES string of the molecule is CN1CCN(Cc2cc(NC(=O)C3=CCNc4ccc(-c5cncc(Oc6ccccc6)c5)cc43)ccn2)CC1. The number of para-hydroxylation sites is 1. The second-order valence-corrected chi connectivity index (χ2v) is 10.2. The van der Waals surface area contributed by atoms with E-state index in [9.17, 15) is 4.79 Å². The number of carbonyl (C=O) groups is 1. The van der Waals surface area contributed by atoms with E-state index in [0.717, 1.165) is 72.2 Å². The van der Waals surface area contributed by atoms with Crippen molar-refractivity contribution in [3.63, 3.8) is 0 Å². The summed E-state index contributed by atoms with van der Waals surface area (Å²) >= 11 is 0. The minimum atomic E-state index is -0.143. The highest BCUT2D eigenvalue weighted by Crippen LogP contribution is 2.34. The fourth-order valence-electron chi connectivity index (χ4n) is 5.02. The molecule has 6 rings (SSSR count). The predicted octanol–water partition coefficient (Wildman–Crippen LogP) is 5.13. The van der Waals surface area contributed by atoms with E-state index in [1.165, 1.54) is 0 Å². The van der Waals surface area contributed by atoms with E-state index in [0.29, 0.717) is 17.9 Å². The Labute approximate surface area is 234 Å². The molecule has 2 aliphatic heterocycles. The summed E-state index contributed by atoms with van der Waals surface area (Å²) in [6, 6.07) is 21.5. The molecule has 8 nitrogen and oxygen atoms in total. The molecule has 4 heterocycles. The molecule has 1 amide bonds. The Morgan fingerprint density at radius 1 is 0.950 bits per heavy atom. The van der Waals surface area contributed by atoms with Crippen LogP contribution in [0.1, 0.15) is 11.3 Å². The lowest BCUT2D eigenvalue weighted by atomic mass is 9.95. The van der Waals surface area contributed by atoms with Crippen LogP contribution in [-0.4, -0.2) is 65.4 Å². The molecule has 4 aromatic rings. The number of ether oxygens (including phenoxy) is 1. The van der Waals surface area contributed by atoms with Gasteiger partial charge in [0.25, 0.3) is 5.91 Å². The Kier molecular flexibility index (Phi) is 7.52. The first-order valence-corrected chi connectivity index (χ1v) is 13.5. The highest BCUT2D eigenvalue weighted by atomic mass is 16.5. The van der Waals surface area contributed by atoms with Gasteiger partial charge in [0.05, 0.1) is 11.9 Å². The lowest BCUT2D eigenvalue weighted by Gasteiger charge is -2.32. The number of fused-ring (bicyclic) bond motifs is 1. The summed E-state index contributed by atoms with van der Waals surface area (Å²) in [6.45, 7) is 5.51. The van der Waals surface area contributed by atoms with Gasteiger partial charge >= 0.3 is 0 Å². The molecular weight excluding hydrogens is 500 g/mol. The molecule has 1 saturated heterocycles. The first kappa shape index (κ1) is 25.7. The molecule has 202 valence electrons. The van der Waals surface area contributed by atoms with Gasteiger partial charge in [-0.25, -0.2) is 0 Å². The number of pyridine rings is 2. The molecule has 0 spiro atoms.